The van der Waals surface area contributed by atoms with Gasteiger partial charge in [0.2, 0.25) is 0 Å². The fourth-order valence-corrected chi connectivity index (χ4v) is 6.61. The molecule has 0 saturated heterocycles. The molecule has 0 rings (SSSR count). The Balaban J connectivity index is 3.14. The molecule has 2 heteroatoms. The number of carbonyl (C=O) groups excluding carboxylic acids is 1. The SMILES string of the molecule is CCCCCCCCCCCCCCCCCCCCCC(=O)OCCCCCCCCCCCCCCCCCCCC. The lowest BCUT2D eigenvalue weighted by atomic mass is 10.0. The molecule has 0 aliphatic carbocycles. The maximum absolute atomic E-state index is 12.0. The third-order valence-corrected chi connectivity index (χ3v) is 9.75. The van der Waals surface area contributed by atoms with E-state index in [2.05, 4.69) is 13.8 Å². The molecule has 0 aromatic carbocycles. The Morgan fingerprint density at radius 3 is 0.750 bits per heavy atom. The van der Waals surface area contributed by atoms with Crippen LogP contribution in [0, 0.1) is 0 Å². The van der Waals surface area contributed by atoms with E-state index in [4.69, 9.17) is 4.74 Å². The number of hydrogen-bond acceptors (Lipinski definition) is 2. The Bertz CT molecular complexity index is 472. The van der Waals surface area contributed by atoms with Gasteiger partial charge < -0.3 is 4.74 Å². The minimum absolute atomic E-state index is 0.0314. The zero-order valence-electron chi connectivity index (χ0n) is 30.9. The van der Waals surface area contributed by atoms with E-state index < -0.39 is 0 Å². The van der Waals surface area contributed by atoms with Gasteiger partial charge in [0, 0.05) is 6.42 Å². The lowest BCUT2D eigenvalue weighted by molar-refractivity contribution is -0.143. The number of esters is 1. The topological polar surface area (TPSA) is 26.3 Å². The summed E-state index contributed by atoms with van der Waals surface area (Å²) in [5, 5.41) is 0. The molecule has 0 N–H and O–H groups in total. The smallest absolute Gasteiger partial charge is 0.305 e. The summed E-state index contributed by atoms with van der Waals surface area (Å²) in [4.78, 5) is 12.0. The van der Waals surface area contributed by atoms with E-state index in [0.29, 0.717) is 13.0 Å². The molecule has 0 unspecified atom stereocenters. The molecule has 264 valence electrons. The van der Waals surface area contributed by atoms with Gasteiger partial charge in [-0.25, -0.2) is 0 Å². The van der Waals surface area contributed by atoms with E-state index in [1.54, 1.807) is 0 Å². The molecule has 0 aliphatic heterocycles. The van der Waals surface area contributed by atoms with E-state index >= 15 is 0 Å². The summed E-state index contributed by atoms with van der Waals surface area (Å²) in [6, 6.07) is 0. The van der Waals surface area contributed by atoms with Gasteiger partial charge in [0.25, 0.3) is 0 Å². The van der Waals surface area contributed by atoms with E-state index in [9.17, 15) is 4.79 Å². The van der Waals surface area contributed by atoms with Crippen LogP contribution in [-0.2, 0) is 9.53 Å². The third kappa shape index (κ3) is 39.5. The molecule has 0 radical (unpaired) electrons. The lowest BCUT2D eigenvalue weighted by Gasteiger charge is -2.06. The van der Waals surface area contributed by atoms with Crippen LogP contribution in [0.25, 0.3) is 0 Å². The Morgan fingerprint density at radius 2 is 0.500 bits per heavy atom. The first-order valence-electron chi connectivity index (χ1n) is 21.0. The van der Waals surface area contributed by atoms with Gasteiger partial charge in [-0.15, -0.1) is 0 Å². The summed E-state index contributed by atoms with van der Waals surface area (Å²) < 4.78 is 5.47. The van der Waals surface area contributed by atoms with Crippen LogP contribution >= 0.6 is 0 Å². The quantitative estimate of drug-likeness (QED) is 0.0505. The molecule has 0 aromatic heterocycles. The highest BCUT2D eigenvalue weighted by molar-refractivity contribution is 5.69. The minimum Gasteiger partial charge on any atom is -0.466 e. The Kier molecular flexibility index (Phi) is 40.0. The van der Waals surface area contributed by atoms with Gasteiger partial charge in [0.1, 0.15) is 0 Å². The van der Waals surface area contributed by atoms with E-state index in [0.717, 1.165) is 12.8 Å². The van der Waals surface area contributed by atoms with Crippen molar-refractivity contribution in [3.8, 4) is 0 Å². The van der Waals surface area contributed by atoms with Crippen molar-refractivity contribution in [2.24, 2.45) is 0 Å². The van der Waals surface area contributed by atoms with Crippen LogP contribution in [0.4, 0.5) is 0 Å². The summed E-state index contributed by atoms with van der Waals surface area (Å²) in [6.45, 7) is 5.23. The molecule has 0 amide bonds. The Hall–Kier alpha value is -0.530. The molecule has 0 bridgehead atoms. The molecule has 0 saturated carbocycles. The standard InChI is InChI=1S/C42H84O2/c1-3-5-7-9-11-13-15-17-19-21-23-24-26-28-30-32-34-36-38-40-42(43)44-41-39-37-35-33-31-29-27-25-22-20-18-16-14-12-10-8-6-4-2/h3-41H2,1-2H3. The Morgan fingerprint density at radius 1 is 0.295 bits per heavy atom. The highest BCUT2D eigenvalue weighted by atomic mass is 16.5. The molecule has 0 heterocycles. The second-order valence-electron chi connectivity index (χ2n) is 14.3. The van der Waals surface area contributed by atoms with Crippen LogP contribution in [0.2, 0.25) is 0 Å². The molecule has 2 nitrogen and oxygen atoms in total. The van der Waals surface area contributed by atoms with E-state index in [1.165, 1.54) is 225 Å². The fraction of sp³-hybridized carbons (Fsp3) is 0.976. The first-order chi connectivity index (χ1) is 21.8. The highest BCUT2D eigenvalue weighted by Gasteiger charge is 2.03. The predicted octanol–water partition coefficient (Wildman–Crippen LogP) is 15.4. The summed E-state index contributed by atoms with van der Waals surface area (Å²) in [6.07, 6.45) is 52.0. The lowest BCUT2D eigenvalue weighted by Crippen LogP contribution is -2.05. The summed E-state index contributed by atoms with van der Waals surface area (Å²) in [5.74, 6) is 0.0314. The number of unbranched alkanes of at least 4 members (excludes halogenated alkanes) is 35. The van der Waals surface area contributed by atoms with Gasteiger partial charge in [-0.05, 0) is 12.8 Å². The van der Waals surface area contributed by atoms with Gasteiger partial charge >= 0.3 is 5.97 Å². The second-order valence-corrected chi connectivity index (χ2v) is 14.3. The number of carbonyl (C=O) groups is 1. The van der Waals surface area contributed by atoms with Crippen molar-refractivity contribution in [1.29, 1.82) is 0 Å². The van der Waals surface area contributed by atoms with Crippen LogP contribution in [0.15, 0.2) is 0 Å². The van der Waals surface area contributed by atoms with Gasteiger partial charge in [-0.3, -0.25) is 4.79 Å². The van der Waals surface area contributed by atoms with E-state index in [-0.39, 0.29) is 5.97 Å². The van der Waals surface area contributed by atoms with Gasteiger partial charge in [0.15, 0.2) is 0 Å². The highest BCUT2D eigenvalue weighted by Crippen LogP contribution is 2.16. The first-order valence-corrected chi connectivity index (χ1v) is 21.0. The fourth-order valence-electron chi connectivity index (χ4n) is 6.61. The van der Waals surface area contributed by atoms with E-state index in [1.807, 2.05) is 0 Å². The molecule has 0 spiro atoms. The van der Waals surface area contributed by atoms with Crippen LogP contribution in [0.3, 0.4) is 0 Å². The largest absolute Gasteiger partial charge is 0.466 e. The molecule has 0 aromatic rings. The molecule has 0 aliphatic rings. The van der Waals surface area contributed by atoms with Crippen LogP contribution in [-0.4, -0.2) is 12.6 Å². The predicted molar refractivity (Wildman–Crippen MR) is 198 cm³/mol. The second kappa shape index (κ2) is 40.5. The monoisotopic (exact) mass is 621 g/mol. The van der Waals surface area contributed by atoms with Crippen molar-refractivity contribution in [1.82, 2.24) is 0 Å². The third-order valence-electron chi connectivity index (χ3n) is 9.75. The van der Waals surface area contributed by atoms with Crippen molar-refractivity contribution < 1.29 is 9.53 Å². The summed E-state index contributed by atoms with van der Waals surface area (Å²) in [7, 11) is 0. The normalized spacial score (nSPS) is 11.4. The van der Waals surface area contributed by atoms with Gasteiger partial charge in [-0.1, -0.05) is 239 Å². The molecule has 0 atom stereocenters. The molecular formula is C42H84O2. The summed E-state index contributed by atoms with van der Waals surface area (Å²) >= 11 is 0. The first kappa shape index (κ1) is 43.5. The van der Waals surface area contributed by atoms with Crippen LogP contribution < -0.4 is 0 Å². The van der Waals surface area contributed by atoms with Crippen molar-refractivity contribution in [2.45, 2.75) is 258 Å². The van der Waals surface area contributed by atoms with Gasteiger partial charge in [0.05, 0.1) is 6.61 Å². The Labute approximate surface area is 279 Å². The van der Waals surface area contributed by atoms with Gasteiger partial charge in [-0.2, -0.15) is 0 Å². The molecule has 0 fully saturated rings. The van der Waals surface area contributed by atoms with Crippen molar-refractivity contribution in [3.63, 3.8) is 0 Å². The summed E-state index contributed by atoms with van der Waals surface area (Å²) in [5.41, 5.74) is 0. The average Bonchev–Trinajstić information content (AvgIpc) is 3.03. The van der Waals surface area contributed by atoms with Crippen molar-refractivity contribution in [3.05, 3.63) is 0 Å². The van der Waals surface area contributed by atoms with Crippen molar-refractivity contribution >= 4 is 5.97 Å². The zero-order valence-corrected chi connectivity index (χ0v) is 30.9. The zero-order chi connectivity index (χ0) is 31.9. The minimum atomic E-state index is 0.0314. The number of rotatable bonds is 39. The molecule has 44 heavy (non-hydrogen) atoms. The van der Waals surface area contributed by atoms with Crippen molar-refractivity contribution in [2.75, 3.05) is 6.61 Å². The average molecular weight is 621 g/mol. The van der Waals surface area contributed by atoms with Crippen LogP contribution in [0.1, 0.15) is 258 Å². The maximum atomic E-state index is 12.0. The number of hydrogen-bond donors (Lipinski definition) is 0. The number of ether oxygens (including phenoxy) is 1. The molecular weight excluding hydrogens is 536 g/mol. The maximum Gasteiger partial charge on any atom is 0.305 e. The van der Waals surface area contributed by atoms with Crippen LogP contribution in [0.5, 0.6) is 0 Å².